The number of nitrogens with zero attached hydrogens (tertiary/aromatic N) is 2. The first kappa shape index (κ1) is 20.0. The van der Waals surface area contributed by atoms with Crippen molar-refractivity contribution in [1.29, 1.82) is 0 Å². The number of ether oxygens (including phenoxy) is 1. The number of aromatic nitrogens is 2. The maximum Gasteiger partial charge on any atom is 0.262 e. The fourth-order valence-electron chi connectivity index (χ4n) is 2.78. The highest BCUT2D eigenvalue weighted by Gasteiger charge is 2.12. The summed E-state index contributed by atoms with van der Waals surface area (Å²) in [7, 11) is 0. The minimum atomic E-state index is -0.404. The van der Waals surface area contributed by atoms with Gasteiger partial charge in [-0.05, 0) is 38.0 Å². The third-order valence-corrected chi connectivity index (χ3v) is 5.59. The Labute approximate surface area is 166 Å². The third kappa shape index (κ3) is 4.56. The maximum atomic E-state index is 13.4. The molecule has 0 aliphatic heterocycles. The van der Waals surface area contributed by atoms with Gasteiger partial charge < -0.3 is 10.1 Å². The Kier molecular flexibility index (Phi) is 6.41. The lowest BCUT2D eigenvalue weighted by molar-refractivity contribution is -0.121. The molecule has 1 amide bonds. The molecular weight excluding hydrogens is 381 g/mol. The number of nitrogens with one attached hydrogen (secondary N) is 1. The monoisotopic (exact) mass is 403 g/mol. The second kappa shape index (κ2) is 8.97. The van der Waals surface area contributed by atoms with Gasteiger partial charge in [0.1, 0.15) is 4.83 Å². The number of halogens is 1. The van der Waals surface area contributed by atoms with Crippen LogP contribution in [0.1, 0.15) is 23.3 Å². The van der Waals surface area contributed by atoms with Crippen molar-refractivity contribution in [3.63, 3.8) is 0 Å². The molecule has 148 valence electrons. The zero-order valence-corrected chi connectivity index (χ0v) is 16.6. The molecule has 0 bridgehead atoms. The molecule has 0 fully saturated rings. The highest BCUT2D eigenvalue weighted by molar-refractivity contribution is 7.18. The summed E-state index contributed by atoms with van der Waals surface area (Å²) in [6.45, 7) is 4.88. The Bertz CT molecular complexity index is 1040. The van der Waals surface area contributed by atoms with Crippen LogP contribution in [0.25, 0.3) is 10.2 Å². The first-order chi connectivity index (χ1) is 13.5. The molecule has 0 saturated heterocycles. The number of para-hydroxylation sites is 1. The van der Waals surface area contributed by atoms with Gasteiger partial charge in [-0.15, -0.1) is 11.3 Å². The summed E-state index contributed by atoms with van der Waals surface area (Å²) in [4.78, 5) is 30.7. The van der Waals surface area contributed by atoms with E-state index in [9.17, 15) is 14.0 Å². The van der Waals surface area contributed by atoms with E-state index in [-0.39, 0.29) is 30.2 Å². The van der Waals surface area contributed by atoms with E-state index in [1.165, 1.54) is 28.3 Å². The van der Waals surface area contributed by atoms with Gasteiger partial charge in [0.05, 0.1) is 18.3 Å². The molecule has 3 aromatic rings. The van der Waals surface area contributed by atoms with E-state index in [0.29, 0.717) is 25.0 Å². The highest BCUT2D eigenvalue weighted by Crippen LogP contribution is 2.25. The zero-order valence-electron chi connectivity index (χ0n) is 15.8. The summed E-state index contributed by atoms with van der Waals surface area (Å²) in [6, 6.07) is 6.20. The molecule has 0 spiro atoms. The van der Waals surface area contributed by atoms with Crippen molar-refractivity contribution in [3.05, 3.63) is 57.2 Å². The Hall–Kier alpha value is -2.74. The van der Waals surface area contributed by atoms with Crippen molar-refractivity contribution >= 4 is 27.5 Å². The Morgan fingerprint density at radius 3 is 2.89 bits per heavy atom. The molecule has 0 saturated carbocycles. The van der Waals surface area contributed by atoms with Crippen molar-refractivity contribution in [1.82, 2.24) is 14.9 Å². The van der Waals surface area contributed by atoms with Crippen LogP contribution in [0.4, 0.5) is 4.39 Å². The lowest BCUT2D eigenvalue weighted by Crippen LogP contribution is -2.28. The van der Waals surface area contributed by atoms with Crippen LogP contribution in [0.3, 0.4) is 0 Å². The highest BCUT2D eigenvalue weighted by atomic mass is 32.1. The van der Waals surface area contributed by atoms with E-state index >= 15 is 0 Å². The molecule has 0 unspecified atom stereocenters. The number of aryl methyl sites for hydroxylation is 3. The molecule has 3 rings (SSSR count). The minimum Gasteiger partial charge on any atom is -0.490 e. The van der Waals surface area contributed by atoms with Crippen LogP contribution >= 0.6 is 11.3 Å². The van der Waals surface area contributed by atoms with Crippen molar-refractivity contribution in [3.8, 4) is 5.75 Å². The largest absolute Gasteiger partial charge is 0.490 e. The van der Waals surface area contributed by atoms with Gasteiger partial charge in [-0.25, -0.2) is 9.37 Å². The van der Waals surface area contributed by atoms with Gasteiger partial charge >= 0.3 is 0 Å². The zero-order chi connectivity index (χ0) is 20.1. The molecule has 0 aliphatic rings. The molecule has 1 aromatic carbocycles. The fourth-order valence-corrected chi connectivity index (χ4v) is 3.77. The standard InChI is InChI=1S/C20H22FN3O3S/c1-13-14(2)28-19-18(13)20(26)24(12-23-19)10-8-17(25)22-9-5-11-27-16-7-4-3-6-15(16)21/h3-4,6-7,12H,5,8-11H2,1-2H3,(H,22,25). The van der Waals surface area contributed by atoms with Crippen LogP contribution < -0.4 is 15.6 Å². The lowest BCUT2D eigenvalue weighted by atomic mass is 10.2. The SMILES string of the molecule is Cc1sc2ncn(CCC(=O)NCCCOc3ccccc3F)c(=O)c2c1C. The summed E-state index contributed by atoms with van der Waals surface area (Å²) >= 11 is 1.50. The number of benzene rings is 1. The molecule has 2 aromatic heterocycles. The number of amides is 1. The van der Waals surface area contributed by atoms with Crippen LogP contribution in [0.5, 0.6) is 5.75 Å². The molecule has 0 atom stereocenters. The number of carbonyl (C=O) groups is 1. The van der Waals surface area contributed by atoms with Crippen molar-refractivity contribution < 1.29 is 13.9 Å². The smallest absolute Gasteiger partial charge is 0.262 e. The second-order valence-corrected chi connectivity index (χ2v) is 7.64. The van der Waals surface area contributed by atoms with Crippen molar-refractivity contribution in [2.75, 3.05) is 13.2 Å². The average molecular weight is 403 g/mol. The number of fused-ring (bicyclic) bond motifs is 1. The summed E-state index contributed by atoms with van der Waals surface area (Å²) in [5.41, 5.74) is 0.837. The van der Waals surface area contributed by atoms with E-state index in [1.54, 1.807) is 18.2 Å². The normalized spacial score (nSPS) is 11.0. The maximum absolute atomic E-state index is 13.4. The predicted octanol–water partition coefficient (Wildman–Crippen LogP) is 3.19. The van der Waals surface area contributed by atoms with E-state index in [0.717, 1.165) is 15.3 Å². The van der Waals surface area contributed by atoms with Crippen LogP contribution in [0.2, 0.25) is 0 Å². The number of carbonyl (C=O) groups excluding carboxylic acids is 1. The number of hydrogen-bond acceptors (Lipinski definition) is 5. The predicted molar refractivity (Wildman–Crippen MR) is 107 cm³/mol. The summed E-state index contributed by atoms with van der Waals surface area (Å²) in [6.07, 6.45) is 2.24. The Morgan fingerprint density at radius 1 is 1.32 bits per heavy atom. The summed E-state index contributed by atoms with van der Waals surface area (Å²) < 4.78 is 20.2. The van der Waals surface area contributed by atoms with E-state index < -0.39 is 5.82 Å². The molecule has 1 N–H and O–H groups in total. The molecule has 8 heteroatoms. The molecule has 28 heavy (non-hydrogen) atoms. The molecule has 2 heterocycles. The van der Waals surface area contributed by atoms with E-state index in [2.05, 4.69) is 10.3 Å². The quantitative estimate of drug-likeness (QED) is 0.586. The first-order valence-electron chi connectivity index (χ1n) is 9.06. The summed E-state index contributed by atoms with van der Waals surface area (Å²) in [5.74, 6) is -0.357. The van der Waals surface area contributed by atoms with Crippen molar-refractivity contribution in [2.24, 2.45) is 0 Å². The molecule has 0 radical (unpaired) electrons. The third-order valence-electron chi connectivity index (χ3n) is 4.47. The van der Waals surface area contributed by atoms with Crippen LogP contribution in [0.15, 0.2) is 35.4 Å². The van der Waals surface area contributed by atoms with Gasteiger partial charge in [-0.2, -0.15) is 0 Å². The number of thiophene rings is 1. The van der Waals surface area contributed by atoms with Gasteiger partial charge in [0.25, 0.3) is 5.56 Å². The Balaban J connectivity index is 1.44. The molecule has 6 nitrogen and oxygen atoms in total. The van der Waals surface area contributed by atoms with Gasteiger partial charge in [-0.3, -0.25) is 14.2 Å². The number of rotatable bonds is 8. The molecule has 0 aliphatic carbocycles. The first-order valence-corrected chi connectivity index (χ1v) is 9.88. The summed E-state index contributed by atoms with van der Waals surface area (Å²) in [5, 5.41) is 3.41. The van der Waals surface area contributed by atoms with E-state index in [1.807, 2.05) is 13.8 Å². The van der Waals surface area contributed by atoms with Gasteiger partial charge in [0.15, 0.2) is 11.6 Å². The second-order valence-electron chi connectivity index (χ2n) is 6.44. The van der Waals surface area contributed by atoms with Gasteiger partial charge in [-0.1, -0.05) is 12.1 Å². The van der Waals surface area contributed by atoms with E-state index in [4.69, 9.17) is 4.74 Å². The van der Waals surface area contributed by atoms with Gasteiger partial charge in [0, 0.05) is 24.4 Å². The van der Waals surface area contributed by atoms with Crippen LogP contribution in [-0.2, 0) is 11.3 Å². The van der Waals surface area contributed by atoms with Crippen molar-refractivity contribution in [2.45, 2.75) is 33.2 Å². The van der Waals surface area contributed by atoms with Gasteiger partial charge in [0.2, 0.25) is 5.91 Å². The minimum absolute atomic E-state index is 0.113. The topological polar surface area (TPSA) is 73.2 Å². The number of hydrogen-bond donors (Lipinski definition) is 1. The van der Waals surface area contributed by atoms with Crippen LogP contribution in [-0.4, -0.2) is 28.6 Å². The fraction of sp³-hybridized carbons (Fsp3) is 0.350. The lowest BCUT2D eigenvalue weighted by Gasteiger charge is -2.09. The average Bonchev–Trinajstić information content (AvgIpc) is 2.97. The van der Waals surface area contributed by atoms with Crippen LogP contribution in [0, 0.1) is 19.7 Å². The Morgan fingerprint density at radius 2 is 2.11 bits per heavy atom. The molecular formula is C20H22FN3O3S.